The zero-order chi connectivity index (χ0) is 20.0. The molecule has 3 heterocycles. The summed E-state index contributed by atoms with van der Waals surface area (Å²) in [4.78, 5) is 27.5. The molecule has 0 N–H and O–H groups in total. The molecule has 1 aliphatic rings. The number of carbonyl (C=O) groups is 1. The SMILES string of the molecule is Cn1cc([C@@H]2CN(C(=O)c3cc4ccccc4oc3=O)Cc3ccccc32)cn1. The van der Waals surface area contributed by atoms with Crippen molar-refractivity contribution >= 4 is 16.9 Å². The molecule has 1 aliphatic heterocycles. The fraction of sp³-hybridized carbons (Fsp3) is 0.174. The molecule has 0 radical (unpaired) electrons. The molecule has 0 fully saturated rings. The van der Waals surface area contributed by atoms with Crippen LogP contribution in [0.2, 0.25) is 0 Å². The Morgan fingerprint density at radius 3 is 2.76 bits per heavy atom. The van der Waals surface area contributed by atoms with E-state index in [-0.39, 0.29) is 17.4 Å². The van der Waals surface area contributed by atoms with E-state index in [4.69, 9.17) is 4.42 Å². The van der Waals surface area contributed by atoms with Gasteiger partial charge in [0.1, 0.15) is 11.1 Å². The van der Waals surface area contributed by atoms with Crippen molar-refractivity contribution < 1.29 is 9.21 Å². The molecule has 0 aliphatic carbocycles. The predicted molar refractivity (Wildman–Crippen MR) is 109 cm³/mol. The first-order chi connectivity index (χ1) is 14.1. The zero-order valence-corrected chi connectivity index (χ0v) is 15.9. The summed E-state index contributed by atoms with van der Waals surface area (Å²) in [7, 11) is 1.88. The highest BCUT2D eigenvalue weighted by molar-refractivity contribution is 5.96. The first-order valence-corrected chi connectivity index (χ1v) is 9.48. The van der Waals surface area contributed by atoms with Gasteiger partial charge >= 0.3 is 5.63 Å². The topological polar surface area (TPSA) is 68.3 Å². The third-order valence-electron chi connectivity index (χ3n) is 5.48. The van der Waals surface area contributed by atoms with E-state index in [2.05, 4.69) is 11.2 Å². The highest BCUT2D eigenvalue weighted by Crippen LogP contribution is 2.33. The lowest BCUT2D eigenvalue weighted by molar-refractivity contribution is 0.0721. The van der Waals surface area contributed by atoms with Crippen LogP contribution in [-0.2, 0) is 13.6 Å². The van der Waals surface area contributed by atoms with Gasteiger partial charge in [0.2, 0.25) is 0 Å². The van der Waals surface area contributed by atoms with Gasteiger partial charge in [-0.25, -0.2) is 4.79 Å². The Balaban J connectivity index is 1.56. The Labute approximate surface area is 167 Å². The molecule has 2 aromatic carbocycles. The molecule has 0 spiro atoms. The van der Waals surface area contributed by atoms with Gasteiger partial charge in [0, 0.05) is 37.6 Å². The summed E-state index contributed by atoms with van der Waals surface area (Å²) in [6.07, 6.45) is 3.81. The molecule has 0 saturated carbocycles. The van der Waals surface area contributed by atoms with Crippen LogP contribution in [0.15, 0.2) is 76.2 Å². The van der Waals surface area contributed by atoms with E-state index in [0.717, 1.165) is 16.5 Å². The van der Waals surface area contributed by atoms with Crippen LogP contribution in [0.4, 0.5) is 0 Å². The molecule has 0 bridgehead atoms. The first-order valence-electron chi connectivity index (χ1n) is 9.48. The number of fused-ring (bicyclic) bond motifs is 2. The summed E-state index contributed by atoms with van der Waals surface area (Å²) >= 11 is 0. The summed E-state index contributed by atoms with van der Waals surface area (Å²) in [5.74, 6) is -0.307. The Kier molecular flexibility index (Phi) is 4.05. The molecular weight excluding hydrogens is 366 g/mol. The van der Waals surface area contributed by atoms with Gasteiger partial charge in [-0.1, -0.05) is 42.5 Å². The van der Waals surface area contributed by atoms with Crippen LogP contribution < -0.4 is 5.63 Å². The molecule has 4 aromatic rings. The average molecular weight is 385 g/mol. The number of hydrogen-bond donors (Lipinski definition) is 0. The van der Waals surface area contributed by atoms with Crippen LogP contribution >= 0.6 is 0 Å². The van der Waals surface area contributed by atoms with Gasteiger partial charge in [-0.3, -0.25) is 9.48 Å². The van der Waals surface area contributed by atoms with E-state index in [1.807, 2.05) is 49.8 Å². The number of rotatable bonds is 2. The molecule has 29 heavy (non-hydrogen) atoms. The largest absolute Gasteiger partial charge is 0.422 e. The van der Waals surface area contributed by atoms with E-state index >= 15 is 0 Å². The van der Waals surface area contributed by atoms with Gasteiger partial charge in [0.05, 0.1) is 6.20 Å². The fourth-order valence-corrected chi connectivity index (χ4v) is 4.05. The highest BCUT2D eigenvalue weighted by Gasteiger charge is 2.31. The molecule has 2 aromatic heterocycles. The normalized spacial score (nSPS) is 16.0. The van der Waals surface area contributed by atoms with Crippen LogP contribution in [0.5, 0.6) is 0 Å². The molecule has 6 heteroatoms. The number of para-hydroxylation sites is 1. The van der Waals surface area contributed by atoms with Gasteiger partial charge in [0.25, 0.3) is 5.91 Å². The van der Waals surface area contributed by atoms with Gasteiger partial charge in [-0.2, -0.15) is 5.10 Å². The van der Waals surface area contributed by atoms with E-state index in [0.29, 0.717) is 18.7 Å². The van der Waals surface area contributed by atoms with Gasteiger partial charge < -0.3 is 9.32 Å². The minimum absolute atomic E-state index is 0.00472. The van der Waals surface area contributed by atoms with E-state index < -0.39 is 5.63 Å². The van der Waals surface area contributed by atoms with Crippen molar-refractivity contribution in [3.05, 3.63) is 99.7 Å². The second-order valence-electron chi connectivity index (χ2n) is 7.37. The van der Waals surface area contributed by atoms with Crippen LogP contribution in [0.3, 0.4) is 0 Å². The van der Waals surface area contributed by atoms with Crippen LogP contribution in [0.1, 0.15) is 33.0 Å². The number of aromatic nitrogens is 2. The third kappa shape index (κ3) is 3.02. The maximum atomic E-state index is 13.3. The first kappa shape index (κ1) is 17.4. The van der Waals surface area contributed by atoms with E-state index in [1.54, 1.807) is 27.8 Å². The molecule has 5 rings (SSSR count). The number of aryl methyl sites for hydroxylation is 1. The van der Waals surface area contributed by atoms with Crippen molar-refractivity contribution in [3.8, 4) is 0 Å². The Morgan fingerprint density at radius 1 is 1.14 bits per heavy atom. The Hall–Kier alpha value is -3.67. The van der Waals surface area contributed by atoms with Crippen molar-refractivity contribution in [2.24, 2.45) is 7.05 Å². The Morgan fingerprint density at radius 2 is 1.93 bits per heavy atom. The maximum absolute atomic E-state index is 13.3. The summed E-state index contributed by atoms with van der Waals surface area (Å²) < 4.78 is 7.13. The Bertz CT molecular complexity index is 1290. The summed E-state index contributed by atoms with van der Waals surface area (Å²) in [5.41, 5.74) is 3.24. The van der Waals surface area contributed by atoms with Crippen molar-refractivity contribution in [1.29, 1.82) is 0 Å². The quantitative estimate of drug-likeness (QED) is 0.497. The maximum Gasteiger partial charge on any atom is 0.349 e. The van der Waals surface area contributed by atoms with Gasteiger partial charge in [-0.05, 0) is 28.8 Å². The second kappa shape index (κ2) is 6.74. The molecule has 144 valence electrons. The highest BCUT2D eigenvalue weighted by atomic mass is 16.4. The van der Waals surface area contributed by atoms with Crippen molar-refractivity contribution in [3.63, 3.8) is 0 Å². The lowest BCUT2D eigenvalue weighted by atomic mass is 9.86. The lowest BCUT2D eigenvalue weighted by Gasteiger charge is -2.34. The third-order valence-corrected chi connectivity index (χ3v) is 5.48. The van der Waals surface area contributed by atoms with Crippen LogP contribution in [-0.4, -0.2) is 27.1 Å². The van der Waals surface area contributed by atoms with Gasteiger partial charge in [0.15, 0.2) is 0 Å². The number of hydrogen-bond acceptors (Lipinski definition) is 4. The van der Waals surface area contributed by atoms with E-state index in [1.165, 1.54) is 5.56 Å². The standard InChI is InChI=1S/C23H19N3O3/c1-25-12-17(11-24-25)20-14-26(13-16-7-2-4-8-18(16)20)22(27)19-10-15-6-3-5-9-21(15)29-23(19)28/h2-12,20H,13-14H2,1H3/t20-/m0/s1. The monoisotopic (exact) mass is 385 g/mol. The summed E-state index contributed by atoms with van der Waals surface area (Å²) in [5, 5.41) is 5.02. The van der Waals surface area contributed by atoms with Crippen molar-refractivity contribution in [2.75, 3.05) is 6.54 Å². The minimum atomic E-state index is -0.606. The number of nitrogens with zero attached hydrogens (tertiary/aromatic N) is 3. The van der Waals surface area contributed by atoms with Crippen molar-refractivity contribution in [2.45, 2.75) is 12.5 Å². The fourth-order valence-electron chi connectivity index (χ4n) is 4.05. The summed E-state index contributed by atoms with van der Waals surface area (Å²) in [6.45, 7) is 0.936. The van der Waals surface area contributed by atoms with E-state index in [9.17, 15) is 9.59 Å². The number of amides is 1. The number of carbonyl (C=O) groups excluding carboxylic acids is 1. The van der Waals surface area contributed by atoms with Crippen LogP contribution in [0.25, 0.3) is 11.0 Å². The molecule has 1 amide bonds. The molecule has 1 atom stereocenters. The second-order valence-corrected chi connectivity index (χ2v) is 7.37. The van der Waals surface area contributed by atoms with Gasteiger partial charge in [-0.15, -0.1) is 0 Å². The molecular formula is C23H19N3O3. The molecule has 0 unspecified atom stereocenters. The van der Waals surface area contributed by atoms with Crippen molar-refractivity contribution in [1.82, 2.24) is 14.7 Å². The lowest BCUT2D eigenvalue weighted by Crippen LogP contribution is -2.40. The smallest absolute Gasteiger partial charge is 0.349 e. The molecule has 0 saturated heterocycles. The molecule has 6 nitrogen and oxygen atoms in total. The van der Waals surface area contributed by atoms with Crippen LogP contribution in [0, 0.1) is 0 Å². The zero-order valence-electron chi connectivity index (χ0n) is 15.9. The number of benzene rings is 2. The average Bonchev–Trinajstić information content (AvgIpc) is 3.18. The predicted octanol–water partition coefficient (Wildman–Crippen LogP) is 3.31. The minimum Gasteiger partial charge on any atom is -0.422 e. The summed E-state index contributed by atoms with van der Waals surface area (Å²) in [6, 6.07) is 16.9.